The lowest BCUT2D eigenvalue weighted by molar-refractivity contribution is 0.452. The number of fused-ring (bicyclic) bond motifs is 1. The second-order valence-corrected chi connectivity index (χ2v) is 4.96. The van der Waals surface area contributed by atoms with Crippen molar-refractivity contribution in [1.82, 2.24) is 10.3 Å². The van der Waals surface area contributed by atoms with Crippen molar-refractivity contribution in [2.45, 2.75) is 24.8 Å². The number of hydrogen-bond donors (Lipinski definition) is 1. The number of benzene rings is 1. The molecule has 3 rings (SSSR count). The summed E-state index contributed by atoms with van der Waals surface area (Å²) in [6, 6.07) is 13.4. The van der Waals surface area contributed by atoms with E-state index in [4.69, 9.17) is 0 Å². The van der Waals surface area contributed by atoms with Crippen LogP contribution in [0.4, 0.5) is 0 Å². The normalized spacial score (nSPS) is 18.8. The van der Waals surface area contributed by atoms with Crippen LogP contribution in [0.5, 0.6) is 0 Å². The fourth-order valence-corrected chi connectivity index (χ4v) is 2.87. The molecule has 0 saturated heterocycles. The first-order chi connectivity index (χ1) is 8.88. The Morgan fingerprint density at radius 1 is 1.22 bits per heavy atom. The smallest absolute Gasteiger partial charge is 0.0324 e. The maximum atomic E-state index is 4.08. The van der Waals surface area contributed by atoms with Crippen molar-refractivity contribution in [2.24, 2.45) is 0 Å². The molecule has 2 aromatic rings. The first-order valence-electron chi connectivity index (χ1n) is 6.53. The molecule has 1 aromatic heterocycles. The van der Waals surface area contributed by atoms with Gasteiger partial charge in [-0.25, -0.2) is 0 Å². The second kappa shape index (κ2) is 4.91. The Labute approximate surface area is 108 Å². The van der Waals surface area contributed by atoms with E-state index in [-0.39, 0.29) is 0 Å². The third kappa shape index (κ3) is 2.04. The van der Waals surface area contributed by atoms with Crippen molar-refractivity contribution in [3.8, 4) is 0 Å². The zero-order valence-electron chi connectivity index (χ0n) is 10.6. The van der Waals surface area contributed by atoms with Crippen LogP contribution in [0.2, 0.25) is 0 Å². The molecule has 2 heteroatoms. The van der Waals surface area contributed by atoms with Crippen LogP contribution in [0.15, 0.2) is 48.8 Å². The minimum absolute atomic E-state index is 0.423. The zero-order valence-corrected chi connectivity index (χ0v) is 10.6. The minimum Gasteiger partial charge on any atom is -0.313 e. The Morgan fingerprint density at radius 3 is 2.72 bits per heavy atom. The minimum atomic E-state index is 0.423. The lowest BCUT2D eigenvalue weighted by atomic mass is 9.74. The van der Waals surface area contributed by atoms with Gasteiger partial charge < -0.3 is 5.32 Å². The molecule has 2 unspecified atom stereocenters. The van der Waals surface area contributed by atoms with Crippen molar-refractivity contribution < 1.29 is 0 Å². The average Bonchev–Trinajstić information content (AvgIpc) is 2.41. The van der Waals surface area contributed by atoms with Crippen LogP contribution >= 0.6 is 0 Å². The molecular weight excluding hydrogens is 220 g/mol. The molecule has 1 aliphatic carbocycles. The van der Waals surface area contributed by atoms with E-state index in [0.717, 1.165) is 6.42 Å². The molecule has 0 amide bonds. The largest absolute Gasteiger partial charge is 0.313 e. The van der Waals surface area contributed by atoms with Crippen molar-refractivity contribution in [2.75, 3.05) is 7.05 Å². The van der Waals surface area contributed by atoms with Crippen LogP contribution in [-0.4, -0.2) is 12.0 Å². The number of rotatable bonds is 4. The van der Waals surface area contributed by atoms with Crippen molar-refractivity contribution in [3.63, 3.8) is 0 Å². The van der Waals surface area contributed by atoms with Gasteiger partial charge in [-0.1, -0.05) is 24.3 Å². The van der Waals surface area contributed by atoms with Gasteiger partial charge in [-0.05, 0) is 54.6 Å². The molecule has 2 atom stereocenters. The number of nitrogens with one attached hydrogen (secondary N) is 1. The van der Waals surface area contributed by atoms with Gasteiger partial charge in [0, 0.05) is 18.4 Å². The molecule has 0 fully saturated rings. The molecule has 1 N–H and O–H groups in total. The molecule has 92 valence electrons. The van der Waals surface area contributed by atoms with Gasteiger partial charge in [0.2, 0.25) is 0 Å². The van der Waals surface area contributed by atoms with E-state index in [1.165, 1.54) is 23.1 Å². The van der Waals surface area contributed by atoms with E-state index in [0.29, 0.717) is 12.0 Å². The summed E-state index contributed by atoms with van der Waals surface area (Å²) in [5, 5.41) is 3.42. The Balaban J connectivity index is 1.74. The van der Waals surface area contributed by atoms with Crippen LogP contribution in [0.3, 0.4) is 0 Å². The summed E-state index contributed by atoms with van der Waals surface area (Å²) in [7, 11) is 2.04. The highest BCUT2D eigenvalue weighted by atomic mass is 14.9. The van der Waals surface area contributed by atoms with E-state index in [1.807, 2.05) is 19.4 Å². The molecule has 0 bridgehead atoms. The van der Waals surface area contributed by atoms with Gasteiger partial charge in [0.25, 0.3) is 0 Å². The summed E-state index contributed by atoms with van der Waals surface area (Å²) in [6.45, 7) is 0. The average molecular weight is 238 g/mol. The summed E-state index contributed by atoms with van der Waals surface area (Å²) in [4.78, 5) is 4.08. The molecule has 0 spiro atoms. The highest BCUT2D eigenvalue weighted by Gasteiger charge is 2.27. The van der Waals surface area contributed by atoms with Crippen LogP contribution in [0.25, 0.3) is 0 Å². The third-order valence-electron chi connectivity index (χ3n) is 3.94. The van der Waals surface area contributed by atoms with Gasteiger partial charge >= 0.3 is 0 Å². The topological polar surface area (TPSA) is 24.9 Å². The SMILES string of the molecule is CNC(CC1Cc2ccccc21)c1ccncc1. The quantitative estimate of drug-likeness (QED) is 0.885. The van der Waals surface area contributed by atoms with Gasteiger partial charge in [0.15, 0.2) is 0 Å². The van der Waals surface area contributed by atoms with Crippen LogP contribution in [-0.2, 0) is 6.42 Å². The van der Waals surface area contributed by atoms with Crippen molar-refractivity contribution >= 4 is 0 Å². The monoisotopic (exact) mass is 238 g/mol. The van der Waals surface area contributed by atoms with Crippen LogP contribution in [0, 0.1) is 0 Å². The highest BCUT2D eigenvalue weighted by molar-refractivity contribution is 5.40. The third-order valence-corrected chi connectivity index (χ3v) is 3.94. The van der Waals surface area contributed by atoms with E-state index in [2.05, 4.69) is 46.7 Å². The fraction of sp³-hybridized carbons (Fsp3) is 0.312. The standard InChI is InChI=1S/C16H18N2/c1-17-16(12-6-8-18-9-7-12)11-14-10-13-4-2-3-5-15(13)14/h2-9,14,16-17H,10-11H2,1H3. The van der Waals surface area contributed by atoms with Crippen LogP contribution < -0.4 is 5.32 Å². The lowest BCUT2D eigenvalue weighted by Gasteiger charge is -2.33. The Morgan fingerprint density at radius 2 is 2.00 bits per heavy atom. The van der Waals surface area contributed by atoms with Gasteiger partial charge in [-0.2, -0.15) is 0 Å². The molecule has 1 aromatic carbocycles. The molecule has 2 nitrogen and oxygen atoms in total. The van der Waals surface area contributed by atoms with Gasteiger partial charge in [-0.3, -0.25) is 4.98 Å². The Kier molecular flexibility index (Phi) is 3.11. The van der Waals surface area contributed by atoms with Gasteiger partial charge in [-0.15, -0.1) is 0 Å². The van der Waals surface area contributed by atoms with Crippen molar-refractivity contribution in [3.05, 3.63) is 65.5 Å². The maximum Gasteiger partial charge on any atom is 0.0324 e. The van der Waals surface area contributed by atoms with E-state index >= 15 is 0 Å². The number of hydrogen-bond acceptors (Lipinski definition) is 2. The molecule has 0 saturated carbocycles. The van der Waals surface area contributed by atoms with Crippen molar-refractivity contribution in [1.29, 1.82) is 0 Å². The first-order valence-corrected chi connectivity index (χ1v) is 6.53. The second-order valence-electron chi connectivity index (χ2n) is 4.96. The molecule has 0 aliphatic heterocycles. The molecular formula is C16H18N2. The Bertz CT molecular complexity index is 522. The predicted octanol–water partition coefficient (Wildman–Crippen LogP) is 3.07. The summed E-state index contributed by atoms with van der Waals surface area (Å²) in [5.74, 6) is 0.701. The van der Waals surface area contributed by atoms with E-state index in [1.54, 1.807) is 0 Å². The Hall–Kier alpha value is -1.67. The molecule has 1 aliphatic rings. The highest BCUT2D eigenvalue weighted by Crippen LogP contribution is 2.40. The molecule has 18 heavy (non-hydrogen) atoms. The van der Waals surface area contributed by atoms with E-state index < -0.39 is 0 Å². The van der Waals surface area contributed by atoms with Gasteiger partial charge in [0.05, 0.1) is 0 Å². The van der Waals surface area contributed by atoms with Gasteiger partial charge in [0.1, 0.15) is 0 Å². The fourth-order valence-electron chi connectivity index (χ4n) is 2.87. The zero-order chi connectivity index (χ0) is 12.4. The number of pyridine rings is 1. The van der Waals surface area contributed by atoms with E-state index in [9.17, 15) is 0 Å². The first kappa shape index (κ1) is 11.4. The summed E-state index contributed by atoms with van der Waals surface area (Å²) in [5.41, 5.74) is 4.38. The maximum absolute atomic E-state index is 4.08. The lowest BCUT2D eigenvalue weighted by Crippen LogP contribution is -2.24. The van der Waals surface area contributed by atoms with Crippen LogP contribution in [0.1, 0.15) is 35.1 Å². The summed E-state index contributed by atoms with van der Waals surface area (Å²) < 4.78 is 0. The summed E-state index contributed by atoms with van der Waals surface area (Å²) >= 11 is 0. The number of nitrogens with zero attached hydrogens (tertiary/aromatic N) is 1. The molecule has 1 heterocycles. The predicted molar refractivity (Wildman–Crippen MR) is 73.5 cm³/mol. The number of aromatic nitrogens is 1. The summed E-state index contributed by atoms with van der Waals surface area (Å²) in [6.07, 6.45) is 6.12. The molecule has 0 radical (unpaired) electrons.